The van der Waals surface area contributed by atoms with Gasteiger partial charge in [-0.05, 0) is 36.1 Å². The molecule has 33 heavy (non-hydrogen) atoms. The Balaban J connectivity index is 1.73. The van der Waals surface area contributed by atoms with E-state index >= 15 is 0 Å². The zero-order chi connectivity index (χ0) is 23.4. The number of fused-ring (bicyclic) bond motifs is 1. The molecule has 1 N–H and O–H groups in total. The number of pyridine rings is 1. The summed E-state index contributed by atoms with van der Waals surface area (Å²) in [5.41, 5.74) is 1.84. The van der Waals surface area contributed by atoms with Crippen LogP contribution in [0.15, 0.2) is 48.7 Å². The first kappa shape index (κ1) is 22.1. The molecule has 0 radical (unpaired) electrons. The highest BCUT2D eigenvalue weighted by atomic mass is 19.1. The topological polar surface area (TPSA) is 64.8 Å². The van der Waals surface area contributed by atoms with E-state index in [2.05, 4.69) is 27.0 Å². The van der Waals surface area contributed by atoms with E-state index in [0.29, 0.717) is 40.1 Å². The van der Waals surface area contributed by atoms with Crippen LogP contribution in [0, 0.1) is 24.3 Å². The molecule has 0 bridgehead atoms. The number of halogens is 1. The molecule has 6 nitrogen and oxygen atoms in total. The number of aromatic nitrogens is 1. The van der Waals surface area contributed by atoms with Crippen molar-refractivity contribution >= 4 is 22.4 Å². The van der Waals surface area contributed by atoms with Crippen LogP contribution in [-0.2, 0) is 4.79 Å². The molecule has 3 atom stereocenters. The summed E-state index contributed by atoms with van der Waals surface area (Å²) < 4.78 is 25.4. The molecule has 1 aliphatic heterocycles. The van der Waals surface area contributed by atoms with Crippen molar-refractivity contribution in [1.82, 2.24) is 10.3 Å². The standard InChI is InChI=1S/C26H22FN3O3/c1-4-18-22(30-25(31)24(18)27)15-33-26-20-13-23(32-3)21(28-2)12-19(20)17(14-29-26)11-10-16-8-6-5-7-9-16/h5-9,12-14,18,22,24H,4,15H2,1,3H3,(H,30,31)/t18-,22+,24-/m0/s1. The predicted octanol–water partition coefficient (Wildman–Crippen LogP) is 4.44. The van der Waals surface area contributed by atoms with Gasteiger partial charge in [-0.15, -0.1) is 0 Å². The molecule has 1 aromatic heterocycles. The van der Waals surface area contributed by atoms with Gasteiger partial charge >= 0.3 is 0 Å². The van der Waals surface area contributed by atoms with Crippen molar-refractivity contribution in [2.75, 3.05) is 13.7 Å². The minimum absolute atomic E-state index is 0.0781. The van der Waals surface area contributed by atoms with Crippen LogP contribution < -0.4 is 14.8 Å². The van der Waals surface area contributed by atoms with Gasteiger partial charge in [0.15, 0.2) is 6.17 Å². The fraction of sp³-hybridized carbons (Fsp3) is 0.269. The van der Waals surface area contributed by atoms with Gasteiger partial charge < -0.3 is 14.8 Å². The monoisotopic (exact) mass is 443 g/mol. The van der Waals surface area contributed by atoms with Crippen LogP contribution in [0.3, 0.4) is 0 Å². The van der Waals surface area contributed by atoms with Crippen molar-refractivity contribution in [3.63, 3.8) is 0 Å². The maximum absolute atomic E-state index is 14.1. The second-order valence-corrected chi connectivity index (χ2v) is 7.67. The minimum atomic E-state index is -1.54. The molecule has 1 saturated heterocycles. The van der Waals surface area contributed by atoms with Crippen molar-refractivity contribution in [2.45, 2.75) is 25.6 Å². The SMILES string of the molecule is [C-]#[N+]c1cc2c(C#Cc3ccccc3)cnc(OC[C@H]3NC(=O)[C@@H](F)[C@H]3CC)c2cc1OC. The Hall–Kier alpha value is -4.10. The summed E-state index contributed by atoms with van der Waals surface area (Å²) >= 11 is 0. The van der Waals surface area contributed by atoms with Crippen LogP contribution in [-0.4, -0.2) is 36.8 Å². The third-order valence-corrected chi connectivity index (χ3v) is 5.73. The number of carbonyl (C=O) groups is 1. The van der Waals surface area contributed by atoms with Crippen LogP contribution in [0.2, 0.25) is 0 Å². The number of carbonyl (C=O) groups excluding carboxylic acids is 1. The largest absolute Gasteiger partial charge is 0.508 e. The highest BCUT2D eigenvalue weighted by Gasteiger charge is 2.41. The summed E-state index contributed by atoms with van der Waals surface area (Å²) in [7, 11) is 1.49. The number of alkyl halides is 1. The second-order valence-electron chi connectivity index (χ2n) is 7.67. The van der Waals surface area contributed by atoms with Crippen molar-refractivity contribution in [2.24, 2.45) is 5.92 Å². The van der Waals surface area contributed by atoms with Gasteiger partial charge in [0.1, 0.15) is 12.4 Å². The van der Waals surface area contributed by atoms with Gasteiger partial charge in [0, 0.05) is 23.1 Å². The normalized spacial score (nSPS) is 19.3. The Kier molecular flexibility index (Phi) is 6.42. The van der Waals surface area contributed by atoms with Gasteiger partial charge in [0.2, 0.25) is 11.6 Å². The van der Waals surface area contributed by atoms with Gasteiger partial charge in [-0.25, -0.2) is 14.2 Å². The zero-order valence-corrected chi connectivity index (χ0v) is 18.3. The molecule has 166 valence electrons. The summed E-state index contributed by atoms with van der Waals surface area (Å²) in [6.07, 6.45) is 0.569. The number of nitrogens with zero attached hydrogens (tertiary/aromatic N) is 2. The molecule has 0 saturated carbocycles. The zero-order valence-electron chi connectivity index (χ0n) is 18.3. The van der Waals surface area contributed by atoms with Crippen LogP contribution in [0.25, 0.3) is 15.6 Å². The van der Waals surface area contributed by atoms with Crippen molar-refractivity contribution in [3.05, 3.63) is 71.2 Å². The highest BCUT2D eigenvalue weighted by Crippen LogP contribution is 2.37. The highest BCUT2D eigenvalue weighted by molar-refractivity contribution is 5.96. The predicted molar refractivity (Wildman–Crippen MR) is 123 cm³/mol. The summed E-state index contributed by atoms with van der Waals surface area (Å²) in [5.74, 6) is 5.87. The van der Waals surface area contributed by atoms with E-state index in [9.17, 15) is 9.18 Å². The quantitative estimate of drug-likeness (QED) is 0.468. The summed E-state index contributed by atoms with van der Waals surface area (Å²) in [4.78, 5) is 19.7. The van der Waals surface area contributed by atoms with E-state index in [1.165, 1.54) is 7.11 Å². The summed E-state index contributed by atoms with van der Waals surface area (Å²) in [6.45, 7) is 9.41. The van der Waals surface area contributed by atoms with E-state index in [4.69, 9.17) is 16.0 Å². The average molecular weight is 443 g/mol. The molecule has 3 aromatic rings. The molecule has 0 aliphatic carbocycles. The first-order chi connectivity index (χ1) is 16.0. The number of ether oxygens (including phenoxy) is 2. The molecular weight excluding hydrogens is 421 g/mol. The lowest BCUT2D eigenvalue weighted by Gasteiger charge is -2.19. The summed E-state index contributed by atoms with van der Waals surface area (Å²) in [6, 6.07) is 12.5. The molecule has 1 amide bonds. The van der Waals surface area contributed by atoms with E-state index in [1.807, 2.05) is 37.3 Å². The van der Waals surface area contributed by atoms with Gasteiger partial charge in [0.05, 0.1) is 25.3 Å². The van der Waals surface area contributed by atoms with Gasteiger partial charge in [-0.2, -0.15) is 0 Å². The van der Waals surface area contributed by atoms with E-state index in [1.54, 1.807) is 18.3 Å². The number of amides is 1. The number of nitrogens with one attached hydrogen (secondary N) is 1. The average Bonchev–Trinajstić information content (AvgIpc) is 3.13. The van der Waals surface area contributed by atoms with Crippen LogP contribution >= 0.6 is 0 Å². The molecular formula is C26H22FN3O3. The number of methoxy groups -OCH3 is 1. The third kappa shape index (κ3) is 4.44. The Morgan fingerprint density at radius 3 is 2.70 bits per heavy atom. The van der Waals surface area contributed by atoms with Crippen LogP contribution in [0.4, 0.5) is 10.1 Å². The summed E-state index contributed by atoms with van der Waals surface area (Å²) in [5, 5.41) is 3.97. The van der Waals surface area contributed by atoms with Crippen LogP contribution in [0.5, 0.6) is 11.6 Å². The second kappa shape index (κ2) is 9.58. The molecule has 0 spiro atoms. The number of hydrogen-bond acceptors (Lipinski definition) is 4. The smallest absolute Gasteiger partial charge is 0.255 e. The number of benzene rings is 2. The fourth-order valence-electron chi connectivity index (χ4n) is 3.95. The molecule has 2 heterocycles. The first-order valence-electron chi connectivity index (χ1n) is 10.6. The Morgan fingerprint density at radius 2 is 2.00 bits per heavy atom. The Morgan fingerprint density at radius 1 is 1.21 bits per heavy atom. The van der Waals surface area contributed by atoms with Crippen molar-refractivity contribution in [1.29, 1.82) is 0 Å². The Bertz CT molecular complexity index is 1290. The van der Waals surface area contributed by atoms with Gasteiger partial charge in [0.25, 0.3) is 5.91 Å². The molecule has 1 fully saturated rings. The third-order valence-electron chi connectivity index (χ3n) is 5.73. The minimum Gasteiger partial charge on any atom is -0.508 e. The van der Waals surface area contributed by atoms with Gasteiger partial charge in [-0.3, -0.25) is 4.79 Å². The first-order valence-corrected chi connectivity index (χ1v) is 10.6. The Labute approximate surface area is 191 Å². The number of rotatable bonds is 5. The lowest BCUT2D eigenvalue weighted by molar-refractivity contribution is -0.123. The van der Waals surface area contributed by atoms with E-state index in [0.717, 1.165) is 5.56 Å². The lowest BCUT2D eigenvalue weighted by Crippen LogP contribution is -2.34. The molecule has 1 aliphatic rings. The molecule has 7 heteroatoms. The number of hydrogen-bond donors (Lipinski definition) is 1. The maximum Gasteiger partial charge on any atom is 0.255 e. The van der Waals surface area contributed by atoms with Crippen LogP contribution in [0.1, 0.15) is 24.5 Å². The fourth-order valence-corrected chi connectivity index (χ4v) is 3.95. The maximum atomic E-state index is 14.1. The molecule has 2 aromatic carbocycles. The van der Waals surface area contributed by atoms with Crippen molar-refractivity contribution in [3.8, 4) is 23.5 Å². The lowest BCUT2D eigenvalue weighted by atomic mass is 9.97. The molecule has 4 rings (SSSR count). The van der Waals surface area contributed by atoms with E-state index in [-0.39, 0.29) is 6.61 Å². The van der Waals surface area contributed by atoms with Gasteiger partial charge in [-0.1, -0.05) is 37.0 Å². The molecule has 0 unspecified atom stereocenters. The van der Waals surface area contributed by atoms with Crippen molar-refractivity contribution < 1.29 is 18.7 Å². The van der Waals surface area contributed by atoms with E-state index < -0.39 is 24.0 Å².